The first-order valence-corrected chi connectivity index (χ1v) is 4.95. The maximum Gasteiger partial charge on any atom is 0.290 e. The molecule has 2 N–H and O–H groups in total. The van der Waals surface area contributed by atoms with Crippen LogP contribution in [-0.2, 0) is 0 Å². The van der Waals surface area contributed by atoms with Gasteiger partial charge in [0.05, 0.1) is 12.3 Å². The summed E-state index contributed by atoms with van der Waals surface area (Å²) in [5.41, 5.74) is 6.79. The molecule has 0 aromatic carbocycles. The summed E-state index contributed by atoms with van der Waals surface area (Å²) in [6.45, 7) is 3.06. The van der Waals surface area contributed by atoms with Crippen LogP contribution in [0.25, 0.3) is 0 Å². The van der Waals surface area contributed by atoms with E-state index in [1.54, 1.807) is 17.0 Å². The van der Waals surface area contributed by atoms with Gasteiger partial charge in [0.2, 0.25) is 0 Å². The molecule has 4 nitrogen and oxygen atoms in total. The first kappa shape index (κ1) is 9.98. The lowest BCUT2D eigenvalue weighted by molar-refractivity contribution is 0.0717. The van der Waals surface area contributed by atoms with E-state index in [0.29, 0.717) is 18.8 Å². The van der Waals surface area contributed by atoms with Gasteiger partial charge in [-0.3, -0.25) is 4.79 Å². The molecule has 0 saturated carbocycles. The Hall–Kier alpha value is -1.55. The normalized spacial score (nSPS) is 20.5. The van der Waals surface area contributed by atoms with Crippen molar-refractivity contribution < 1.29 is 9.21 Å². The number of carbonyl (C=O) groups is 1. The molecule has 0 fully saturated rings. The summed E-state index contributed by atoms with van der Waals surface area (Å²) in [4.78, 5) is 13.7. The van der Waals surface area contributed by atoms with E-state index in [9.17, 15) is 4.79 Å². The number of hydrogen-bond acceptors (Lipinski definition) is 3. The van der Waals surface area contributed by atoms with Gasteiger partial charge in [-0.15, -0.1) is 0 Å². The number of carbonyl (C=O) groups excluding carboxylic acids is 1. The Morgan fingerprint density at radius 2 is 2.53 bits per heavy atom. The highest BCUT2D eigenvalue weighted by molar-refractivity contribution is 5.92. The van der Waals surface area contributed by atoms with Crippen molar-refractivity contribution in [1.29, 1.82) is 0 Å². The van der Waals surface area contributed by atoms with Crippen LogP contribution in [0.1, 0.15) is 17.5 Å². The zero-order chi connectivity index (χ0) is 10.8. The Morgan fingerprint density at radius 3 is 3.13 bits per heavy atom. The van der Waals surface area contributed by atoms with E-state index in [1.165, 1.54) is 6.26 Å². The van der Waals surface area contributed by atoms with E-state index in [4.69, 9.17) is 10.2 Å². The standard InChI is InChI=1S/C11H14N2O2/c1-8-4-5-13(9(8)7-12)11(14)10-3-2-6-15-10/h2-4,6,9H,5,7,12H2,1H3. The van der Waals surface area contributed by atoms with Gasteiger partial charge in [0.25, 0.3) is 5.91 Å². The lowest BCUT2D eigenvalue weighted by atomic mass is 10.1. The van der Waals surface area contributed by atoms with Gasteiger partial charge in [-0.25, -0.2) is 0 Å². The summed E-state index contributed by atoms with van der Waals surface area (Å²) in [6, 6.07) is 3.40. The predicted molar refractivity (Wildman–Crippen MR) is 56.3 cm³/mol. The molecule has 15 heavy (non-hydrogen) atoms. The molecule has 1 aliphatic heterocycles. The van der Waals surface area contributed by atoms with E-state index in [0.717, 1.165) is 5.57 Å². The van der Waals surface area contributed by atoms with Gasteiger partial charge in [-0.1, -0.05) is 11.6 Å². The number of furan rings is 1. The fourth-order valence-electron chi connectivity index (χ4n) is 1.83. The molecule has 1 aliphatic rings. The molecule has 0 radical (unpaired) electrons. The van der Waals surface area contributed by atoms with E-state index in [2.05, 4.69) is 0 Å². The Bertz CT molecular complexity index is 381. The Kier molecular flexibility index (Phi) is 2.60. The third-order valence-electron chi connectivity index (χ3n) is 2.73. The van der Waals surface area contributed by atoms with Crippen molar-refractivity contribution in [3.8, 4) is 0 Å². The molecule has 1 atom stereocenters. The monoisotopic (exact) mass is 206 g/mol. The molecule has 1 aromatic heterocycles. The topological polar surface area (TPSA) is 59.5 Å². The molecule has 0 spiro atoms. The quantitative estimate of drug-likeness (QED) is 0.734. The maximum atomic E-state index is 12.0. The molecular weight excluding hydrogens is 192 g/mol. The molecule has 0 bridgehead atoms. The largest absolute Gasteiger partial charge is 0.459 e. The van der Waals surface area contributed by atoms with Crippen molar-refractivity contribution in [2.75, 3.05) is 13.1 Å². The molecule has 2 heterocycles. The average Bonchev–Trinajstić information content (AvgIpc) is 2.85. The van der Waals surface area contributed by atoms with Crippen LogP contribution in [-0.4, -0.2) is 29.9 Å². The second-order valence-corrected chi connectivity index (χ2v) is 3.63. The first-order valence-electron chi connectivity index (χ1n) is 4.95. The van der Waals surface area contributed by atoms with Gasteiger partial charge in [-0.2, -0.15) is 0 Å². The predicted octanol–water partition coefficient (Wildman–Crippen LogP) is 1.01. The van der Waals surface area contributed by atoms with Crippen LogP contribution in [0, 0.1) is 0 Å². The number of nitrogens with zero attached hydrogens (tertiary/aromatic N) is 1. The van der Waals surface area contributed by atoms with Gasteiger partial charge in [0.1, 0.15) is 0 Å². The molecule has 80 valence electrons. The number of nitrogens with two attached hydrogens (primary N) is 1. The lowest BCUT2D eigenvalue weighted by Crippen LogP contribution is -2.41. The summed E-state index contributed by atoms with van der Waals surface area (Å²) in [5, 5.41) is 0. The summed E-state index contributed by atoms with van der Waals surface area (Å²) in [5.74, 6) is 0.278. The van der Waals surface area contributed by atoms with Gasteiger partial charge in [-0.05, 0) is 19.1 Å². The fourth-order valence-corrected chi connectivity index (χ4v) is 1.83. The van der Waals surface area contributed by atoms with Crippen LogP contribution >= 0.6 is 0 Å². The first-order chi connectivity index (χ1) is 7.24. The van der Waals surface area contributed by atoms with E-state index in [1.807, 2.05) is 13.0 Å². The second kappa shape index (κ2) is 3.90. The summed E-state index contributed by atoms with van der Waals surface area (Å²) >= 11 is 0. The van der Waals surface area contributed by atoms with E-state index in [-0.39, 0.29) is 11.9 Å². The maximum absolute atomic E-state index is 12.0. The summed E-state index contributed by atoms with van der Waals surface area (Å²) in [7, 11) is 0. The highest BCUT2D eigenvalue weighted by Crippen LogP contribution is 2.19. The number of amides is 1. The summed E-state index contributed by atoms with van der Waals surface area (Å²) < 4.78 is 5.08. The minimum Gasteiger partial charge on any atom is -0.459 e. The average molecular weight is 206 g/mol. The Balaban J connectivity index is 2.16. The van der Waals surface area contributed by atoms with Crippen molar-refractivity contribution in [2.45, 2.75) is 13.0 Å². The van der Waals surface area contributed by atoms with Gasteiger partial charge >= 0.3 is 0 Å². The minimum absolute atomic E-state index is 0.0163. The zero-order valence-electron chi connectivity index (χ0n) is 8.64. The highest BCUT2D eigenvalue weighted by Gasteiger charge is 2.29. The van der Waals surface area contributed by atoms with Crippen LogP contribution in [0.5, 0.6) is 0 Å². The van der Waals surface area contributed by atoms with Gasteiger partial charge in [0, 0.05) is 13.1 Å². The molecule has 0 saturated heterocycles. The van der Waals surface area contributed by atoms with Crippen LogP contribution < -0.4 is 5.73 Å². The summed E-state index contributed by atoms with van der Waals surface area (Å²) in [6.07, 6.45) is 3.53. The number of rotatable bonds is 2. The van der Waals surface area contributed by atoms with Crippen molar-refractivity contribution in [3.63, 3.8) is 0 Å². The van der Waals surface area contributed by atoms with Crippen molar-refractivity contribution in [2.24, 2.45) is 5.73 Å². The Morgan fingerprint density at radius 1 is 1.73 bits per heavy atom. The molecule has 1 aromatic rings. The lowest BCUT2D eigenvalue weighted by Gasteiger charge is -2.24. The van der Waals surface area contributed by atoms with Crippen LogP contribution in [0.2, 0.25) is 0 Å². The SMILES string of the molecule is CC1=CCN(C(=O)c2ccco2)C1CN. The fraction of sp³-hybridized carbons (Fsp3) is 0.364. The van der Waals surface area contributed by atoms with Crippen molar-refractivity contribution >= 4 is 5.91 Å². The third-order valence-corrected chi connectivity index (χ3v) is 2.73. The molecular formula is C11H14N2O2. The molecule has 0 aliphatic carbocycles. The van der Waals surface area contributed by atoms with Crippen LogP contribution in [0.3, 0.4) is 0 Å². The molecule has 2 rings (SSSR count). The molecule has 1 unspecified atom stereocenters. The minimum atomic E-state index is -0.0939. The van der Waals surface area contributed by atoms with E-state index >= 15 is 0 Å². The van der Waals surface area contributed by atoms with Crippen molar-refractivity contribution in [1.82, 2.24) is 4.90 Å². The second-order valence-electron chi connectivity index (χ2n) is 3.63. The number of hydrogen-bond donors (Lipinski definition) is 1. The smallest absolute Gasteiger partial charge is 0.290 e. The molecule has 4 heteroatoms. The molecule has 1 amide bonds. The van der Waals surface area contributed by atoms with Gasteiger partial charge < -0.3 is 15.1 Å². The highest BCUT2D eigenvalue weighted by atomic mass is 16.3. The third kappa shape index (κ3) is 1.68. The van der Waals surface area contributed by atoms with Crippen LogP contribution in [0.4, 0.5) is 0 Å². The van der Waals surface area contributed by atoms with Crippen molar-refractivity contribution in [3.05, 3.63) is 35.8 Å². The van der Waals surface area contributed by atoms with E-state index < -0.39 is 0 Å². The Labute approximate surface area is 88.3 Å². The van der Waals surface area contributed by atoms with Gasteiger partial charge in [0.15, 0.2) is 5.76 Å². The van der Waals surface area contributed by atoms with Crippen LogP contribution in [0.15, 0.2) is 34.5 Å². The zero-order valence-corrected chi connectivity index (χ0v) is 8.64.